The van der Waals surface area contributed by atoms with Crippen molar-refractivity contribution in [2.24, 2.45) is 17.8 Å². The fourth-order valence-corrected chi connectivity index (χ4v) is 4.16. The van der Waals surface area contributed by atoms with Gasteiger partial charge in [0.2, 0.25) is 0 Å². The predicted molar refractivity (Wildman–Crippen MR) is 80.2 cm³/mol. The molecule has 1 saturated carbocycles. The summed E-state index contributed by atoms with van der Waals surface area (Å²) in [4.78, 5) is 5.13. The number of rotatable bonds is 3. The third kappa shape index (κ3) is 3.93. The molecule has 1 heterocycles. The zero-order chi connectivity index (χ0) is 14.0. The van der Waals surface area contributed by atoms with Gasteiger partial charge in [0, 0.05) is 38.8 Å². The van der Waals surface area contributed by atoms with E-state index in [1.807, 2.05) is 0 Å². The summed E-state index contributed by atoms with van der Waals surface area (Å²) in [7, 11) is 0. The van der Waals surface area contributed by atoms with Gasteiger partial charge in [0.25, 0.3) is 0 Å². The summed E-state index contributed by atoms with van der Waals surface area (Å²) < 4.78 is 0. The second-order valence-electron chi connectivity index (χ2n) is 7.34. The lowest BCUT2D eigenvalue weighted by Crippen LogP contribution is -2.57. The van der Waals surface area contributed by atoms with Gasteiger partial charge in [0.05, 0.1) is 6.10 Å². The van der Waals surface area contributed by atoms with Crippen LogP contribution in [-0.2, 0) is 0 Å². The fraction of sp³-hybridized carbons (Fsp3) is 1.00. The molecule has 0 bridgehead atoms. The van der Waals surface area contributed by atoms with Gasteiger partial charge in [0.15, 0.2) is 0 Å². The molecule has 4 unspecified atom stereocenters. The molecule has 0 aromatic rings. The zero-order valence-corrected chi connectivity index (χ0v) is 13.2. The molecule has 3 heteroatoms. The van der Waals surface area contributed by atoms with Crippen LogP contribution in [0.25, 0.3) is 0 Å². The minimum absolute atomic E-state index is 0.115. The standard InChI is InChI=1S/C16H32N2O/c1-12(2)11-17-5-7-18(8-6-17)16-14(4)9-13(3)10-15(16)19/h12-16,19H,5-11H2,1-4H3. The smallest absolute Gasteiger partial charge is 0.0700 e. The highest BCUT2D eigenvalue weighted by atomic mass is 16.3. The van der Waals surface area contributed by atoms with E-state index >= 15 is 0 Å². The fourth-order valence-electron chi connectivity index (χ4n) is 4.16. The predicted octanol–water partition coefficient (Wildman–Crippen LogP) is 2.06. The highest BCUT2D eigenvalue weighted by Gasteiger charge is 2.37. The summed E-state index contributed by atoms with van der Waals surface area (Å²) in [6.45, 7) is 15.0. The van der Waals surface area contributed by atoms with E-state index in [1.54, 1.807) is 0 Å². The molecule has 2 rings (SSSR count). The molecule has 1 aliphatic carbocycles. The summed E-state index contributed by atoms with van der Waals surface area (Å²) in [6, 6.07) is 0.400. The minimum Gasteiger partial charge on any atom is -0.391 e. The van der Waals surface area contributed by atoms with Gasteiger partial charge >= 0.3 is 0 Å². The number of aliphatic hydroxyl groups is 1. The first-order valence-electron chi connectivity index (χ1n) is 8.11. The number of hydrogen-bond acceptors (Lipinski definition) is 3. The van der Waals surface area contributed by atoms with E-state index < -0.39 is 0 Å². The molecule has 0 aromatic carbocycles. The Hall–Kier alpha value is -0.120. The Balaban J connectivity index is 1.86. The average Bonchev–Trinajstić information content (AvgIpc) is 2.29. The first-order valence-corrected chi connectivity index (χ1v) is 8.11. The molecular formula is C16H32N2O. The van der Waals surface area contributed by atoms with Crippen LogP contribution < -0.4 is 0 Å². The van der Waals surface area contributed by atoms with E-state index in [0.29, 0.717) is 17.9 Å². The van der Waals surface area contributed by atoms with Gasteiger partial charge in [-0.1, -0.05) is 27.7 Å². The minimum atomic E-state index is -0.115. The molecule has 1 N–H and O–H groups in total. The topological polar surface area (TPSA) is 26.7 Å². The van der Waals surface area contributed by atoms with Crippen molar-refractivity contribution in [3.8, 4) is 0 Å². The van der Waals surface area contributed by atoms with Crippen LogP contribution in [0.1, 0.15) is 40.5 Å². The van der Waals surface area contributed by atoms with Gasteiger partial charge in [-0.15, -0.1) is 0 Å². The summed E-state index contributed by atoms with van der Waals surface area (Å²) >= 11 is 0. The van der Waals surface area contributed by atoms with Crippen molar-refractivity contribution in [2.75, 3.05) is 32.7 Å². The molecule has 0 amide bonds. The van der Waals surface area contributed by atoms with Gasteiger partial charge in [0.1, 0.15) is 0 Å². The van der Waals surface area contributed by atoms with Crippen molar-refractivity contribution >= 4 is 0 Å². The van der Waals surface area contributed by atoms with E-state index in [9.17, 15) is 5.11 Å². The Morgan fingerprint density at radius 3 is 2.21 bits per heavy atom. The van der Waals surface area contributed by atoms with Crippen LogP contribution >= 0.6 is 0 Å². The molecule has 0 aromatic heterocycles. The summed E-state index contributed by atoms with van der Waals surface area (Å²) in [6.07, 6.45) is 2.14. The van der Waals surface area contributed by atoms with E-state index in [1.165, 1.54) is 26.1 Å². The molecule has 1 aliphatic heterocycles. The van der Waals surface area contributed by atoms with Crippen LogP contribution in [0.15, 0.2) is 0 Å². The molecule has 19 heavy (non-hydrogen) atoms. The van der Waals surface area contributed by atoms with Crippen LogP contribution in [0.2, 0.25) is 0 Å². The Labute approximate surface area is 119 Å². The monoisotopic (exact) mass is 268 g/mol. The Bertz CT molecular complexity index is 262. The summed E-state index contributed by atoms with van der Waals surface area (Å²) in [5, 5.41) is 10.4. The second kappa shape index (κ2) is 6.55. The number of aliphatic hydroxyl groups excluding tert-OH is 1. The highest BCUT2D eigenvalue weighted by molar-refractivity contribution is 4.91. The van der Waals surface area contributed by atoms with E-state index in [4.69, 9.17) is 0 Å². The van der Waals surface area contributed by atoms with Crippen molar-refractivity contribution < 1.29 is 5.11 Å². The number of piperazine rings is 1. The Kier molecular flexibility index (Phi) is 5.27. The van der Waals surface area contributed by atoms with Crippen molar-refractivity contribution in [3.05, 3.63) is 0 Å². The van der Waals surface area contributed by atoms with E-state index in [2.05, 4.69) is 37.5 Å². The largest absolute Gasteiger partial charge is 0.391 e. The third-order valence-electron chi connectivity index (χ3n) is 4.85. The molecule has 3 nitrogen and oxygen atoms in total. The third-order valence-corrected chi connectivity index (χ3v) is 4.85. The lowest BCUT2D eigenvalue weighted by Gasteiger charge is -2.47. The van der Waals surface area contributed by atoms with Gasteiger partial charge in [-0.05, 0) is 30.6 Å². The molecule has 1 saturated heterocycles. The van der Waals surface area contributed by atoms with Gasteiger partial charge in [-0.2, -0.15) is 0 Å². The Morgan fingerprint density at radius 2 is 1.68 bits per heavy atom. The van der Waals surface area contributed by atoms with Crippen LogP contribution in [0.3, 0.4) is 0 Å². The molecular weight excluding hydrogens is 236 g/mol. The summed E-state index contributed by atoms with van der Waals surface area (Å²) in [5.41, 5.74) is 0. The normalized spacial score (nSPS) is 38.8. The molecule has 2 aliphatic rings. The van der Waals surface area contributed by atoms with Crippen LogP contribution in [0, 0.1) is 17.8 Å². The summed E-state index contributed by atoms with van der Waals surface area (Å²) in [5.74, 6) is 2.07. The van der Waals surface area contributed by atoms with Crippen LogP contribution in [-0.4, -0.2) is 59.8 Å². The van der Waals surface area contributed by atoms with Gasteiger partial charge < -0.3 is 10.0 Å². The van der Waals surface area contributed by atoms with Crippen LogP contribution in [0.5, 0.6) is 0 Å². The van der Waals surface area contributed by atoms with E-state index in [-0.39, 0.29) is 6.10 Å². The van der Waals surface area contributed by atoms with Crippen molar-refractivity contribution in [1.29, 1.82) is 0 Å². The lowest BCUT2D eigenvalue weighted by atomic mass is 9.77. The maximum Gasteiger partial charge on any atom is 0.0700 e. The lowest BCUT2D eigenvalue weighted by molar-refractivity contribution is -0.0418. The average molecular weight is 268 g/mol. The molecule has 2 fully saturated rings. The van der Waals surface area contributed by atoms with Crippen molar-refractivity contribution in [1.82, 2.24) is 9.80 Å². The van der Waals surface area contributed by atoms with Gasteiger partial charge in [-0.3, -0.25) is 4.90 Å². The highest BCUT2D eigenvalue weighted by Crippen LogP contribution is 2.32. The van der Waals surface area contributed by atoms with E-state index in [0.717, 1.165) is 25.4 Å². The molecule has 112 valence electrons. The Morgan fingerprint density at radius 1 is 1.05 bits per heavy atom. The molecule has 0 radical (unpaired) electrons. The maximum absolute atomic E-state index is 10.4. The number of hydrogen-bond donors (Lipinski definition) is 1. The quantitative estimate of drug-likeness (QED) is 0.849. The first kappa shape index (κ1) is 15.3. The van der Waals surface area contributed by atoms with Crippen molar-refractivity contribution in [2.45, 2.75) is 52.7 Å². The van der Waals surface area contributed by atoms with Crippen molar-refractivity contribution in [3.63, 3.8) is 0 Å². The second-order valence-corrected chi connectivity index (χ2v) is 7.34. The number of nitrogens with zero attached hydrogens (tertiary/aromatic N) is 2. The molecule has 0 spiro atoms. The SMILES string of the molecule is CC(C)CN1CCN(C2C(C)CC(C)CC2O)CC1. The first-order chi connectivity index (χ1) is 8.97. The van der Waals surface area contributed by atoms with Crippen LogP contribution in [0.4, 0.5) is 0 Å². The van der Waals surface area contributed by atoms with Gasteiger partial charge in [-0.25, -0.2) is 0 Å². The zero-order valence-electron chi connectivity index (χ0n) is 13.2. The molecule has 4 atom stereocenters. The maximum atomic E-state index is 10.4.